The van der Waals surface area contributed by atoms with Crippen LogP contribution in [0.5, 0.6) is 0 Å². The minimum absolute atomic E-state index is 0.368. The third-order valence-corrected chi connectivity index (χ3v) is 3.78. The highest BCUT2D eigenvalue weighted by Gasteiger charge is 2.22. The average Bonchev–Trinajstić information content (AvgIpc) is 2.56. The molecule has 0 aromatic rings. The lowest BCUT2D eigenvalue weighted by Crippen LogP contribution is -2.30. The molecule has 2 unspecified atom stereocenters. The van der Waals surface area contributed by atoms with Crippen molar-refractivity contribution in [2.75, 3.05) is 11.5 Å². The topological polar surface area (TPSA) is 26.0 Å². The summed E-state index contributed by atoms with van der Waals surface area (Å²) in [4.78, 5) is 0. The Balaban J connectivity index is 2.26. The lowest BCUT2D eigenvalue weighted by molar-refractivity contribution is 0.459. The van der Waals surface area contributed by atoms with Gasteiger partial charge >= 0.3 is 0 Å². The Labute approximate surface area is 79.8 Å². The zero-order valence-electron chi connectivity index (χ0n) is 7.88. The second kappa shape index (κ2) is 4.93. The van der Waals surface area contributed by atoms with Crippen LogP contribution in [0.1, 0.15) is 26.2 Å². The van der Waals surface area contributed by atoms with Crippen molar-refractivity contribution >= 4 is 11.8 Å². The monoisotopic (exact) mass is 185 g/mol. The van der Waals surface area contributed by atoms with Crippen LogP contribution in [0.4, 0.5) is 0 Å². The van der Waals surface area contributed by atoms with Crippen LogP contribution >= 0.6 is 11.8 Å². The number of nitrogens with two attached hydrogens (primary N) is 1. The van der Waals surface area contributed by atoms with Crippen molar-refractivity contribution < 1.29 is 0 Å². The van der Waals surface area contributed by atoms with E-state index < -0.39 is 0 Å². The first-order valence-corrected chi connectivity index (χ1v) is 5.89. The lowest BCUT2D eigenvalue weighted by atomic mass is 9.93. The fourth-order valence-electron chi connectivity index (χ4n) is 1.53. The molecule has 12 heavy (non-hydrogen) atoms. The smallest absolute Gasteiger partial charge is 0.0113 e. The van der Waals surface area contributed by atoms with Crippen molar-refractivity contribution in [2.45, 2.75) is 32.2 Å². The Morgan fingerprint density at radius 3 is 3.00 bits per heavy atom. The van der Waals surface area contributed by atoms with Gasteiger partial charge in [0.1, 0.15) is 0 Å². The first-order valence-electron chi connectivity index (χ1n) is 4.74. The maximum atomic E-state index is 6.08. The van der Waals surface area contributed by atoms with Gasteiger partial charge in [0.2, 0.25) is 0 Å². The summed E-state index contributed by atoms with van der Waals surface area (Å²) in [5, 5.41) is 0. The first-order chi connectivity index (χ1) is 5.74. The second-order valence-corrected chi connectivity index (χ2v) is 4.75. The average molecular weight is 185 g/mol. The van der Waals surface area contributed by atoms with Crippen molar-refractivity contribution in [2.24, 2.45) is 11.7 Å². The van der Waals surface area contributed by atoms with Crippen LogP contribution in [0, 0.1) is 5.92 Å². The maximum Gasteiger partial charge on any atom is 0.0113 e. The van der Waals surface area contributed by atoms with Gasteiger partial charge in [-0.05, 0) is 36.7 Å². The molecule has 0 bridgehead atoms. The van der Waals surface area contributed by atoms with Gasteiger partial charge < -0.3 is 5.73 Å². The Hall–Kier alpha value is 0.0500. The van der Waals surface area contributed by atoms with Gasteiger partial charge in [-0.3, -0.25) is 0 Å². The first kappa shape index (κ1) is 10.1. The molecular formula is C10H19NS. The molecule has 1 nitrogen and oxygen atoms in total. The van der Waals surface area contributed by atoms with E-state index in [4.69, 9.17) is 5.73 Å². The van der Waals surface area contributed by atoms with E-state index in [1.807, 2.05) is 11.8 Å². The minimum atomic E-state index is 0.368. The SMILES string of the molecule is C=C(CC)CC(N)C1CCSC1. The predicted octanol–water partition coefficient (Wildman–Crippen LogP) is 2.42. The molecule has 1 aliphatic rings. The van der Waals surface area contributed by atoms with E-state index in [0.29, 0.717) is 6.04 Å². The van der Waals surface area contributed by atoms with E-state index in [1.54, 1.807) is 0 Å². The van der Waals surface area contributed by atoms with Crippen LogP contribution in [0.25, 0.3) is 0 Å². The molecule has 2 N–H and O–H groups in total. The highest BCUT2D eigenvalue weighted by atomic mass is 32.2. The molecule has 0 aromatic carbocycles. The van der Waals surface area contributed by atoms with E-state index in [0.717, 1.165) is 18.8 Å². The van der Waals surface area contributed by atoms with Gasteiger partial charge in [0.05, 0.1) is 0 Å². The van der Waals surface area contributed by atoms with Gasteiger partial charge in [-0.25, -0.2) is 0 Å². The van der Waals surface area contributed by atoms with E-state index in [9.17, 15) is 0 Å². The summed E-state index contributed by atoms with van der Waals surface area (Å²) in [5.74, 6) is 3.31. The molecular weight excluding hydrogens is 166 g/mol. The summed E-state index contributed by atoms with van der Waals surface area (Å²) in [6.45, 7) is 6.15. The van der Waals surface area contributed by atoms with Crippen LogP contribution in [0.3, 0.4) is 0 Å². The van der Waals surface area contributed by atoms with Gasteiger partial charge in [0.25, 0.3) is 0 Å². The molecule has 0 saturated carbocycles. The molecule has 0 aliphatic carbocycles. The Kier molecular flexibility index (Phi) is 4.16. The molecule has 2 atom stereocenters. The third kappa shape index (κ3) is 2.83. The van der Waals surface area contributed by atoms with Crippen molar-refractivity contribution in [3.05, 3.63) is 12.2 Å². The predicted molar refractivity (Wildman–Crippen MR) is 57.5 cm³/mol. The molecule has 1 saturated heterocycles. The highest BCUT2D eigenvalue weighted by Crippen LogP contribution is 2.27. The molecule has 0 amide bonds. The van der Waals surface area contributed by atoms with Crippen LogP contribution in [-0.2, 0) is 0 Å². The molecule has 0 aromatic heterocycles. The molecule has 2 heteroatoms. The number of thioether (sulfide) groups is 1. The highest BCUT2D eigenvalue weighted by molar-refractivity contribution is 7.99. The normalized spacial score (nSPS) is 25.7. The van der Waals surface area contributed by atoms with Gasteiger partial charge in [0, 0.05) is 6.04 Å². The molecule has 1 rings (SSSR count). The Bertz CT molecular complexity index is 150. The summed E-state index contributed by atoms with van der Waals surface area (Å²) in [5.41, 5.74) is 7.39. The van der Waals surface area contributed by atoms with Crippen molar-refractivity contribution in [3.8, 4) is 0 Å². The Morgan fingerprint density at radius 1 is 1.75 bits per heavy atom. The van der Waals surface area contributed by atoms with Crippen LogP contribution in [0.2, 0.25) is 0 Å². The Morgan fingerprint density at radius 2 is 2.50 bits per heavy atom. The molecule has 1 aliphatic heterocycles. The summed E-state index contributed by atoms with van der Waals surface area (Å²) in [6.07, 6.45) is 3.41. The number of hydrogen-bond acceptors (Lipinski definition) is 2. The molecule has 1 heterocycles. The van der Waals surface area contributed by atoms with E-state index in [1.165, 1.54) is 23.5 Å². The van der Waals surface area contributed by atoms with Gasteiger partial charge in [0.15, 0.2) is 0 Å². The van der Waals surface area contributed by atoms with Crippen LogP contribution in [0.15, 0.2) is 12.2 Å². The van der Waals surface area contributed by atoms with E-state index in [-0.39, 0.29) is 0 Å². The fraction of sp³-hybridized carbons (Fsp3) is 0.800. The number of rotatable bonds is 4. The summed E-state index contributed by atoms with van der Waals surface area (Å²) in [6, 6.07) is 0.368. The third-order valence-electron chi connectivity index (χ3n) is 2.59. The zero-order valence-corrected chi connectivity index (χ0v) is 8.70. The largest absolute Gasteiger partial charge is 0.327 e. The molecule has 1 fully saturated rings. The fourth-order valence-corrected chi connectivity index (χ4v) is 2.89. The van der Waals surface area contributed by atoms with Gasteiger partial charge in [-0.15, -0.1) is 0 Å². The van der Waals surface area contributed by atoms with E-state index in [2.05, 4.69) is 13.5 Å². The van der Waals surface area contributed by atoms with Gasteiger partial charge in [-0.2, -0.15) is 11.8 Å². The number of hydrogen-bond donors (Lipinski definition) is 1. The van der Waals surface area contributed by atoms with Crippen LogP contribution in [-0.4, -0.2) is 17.5 Å². The molecule has 0 spiro atoms. The quantitative estimate of drug-likeness (QED) is 0.681. The standard InChI is InChI=1S/C10H19NS/c1-3-8(2)6-10(11)9-4-5-12-7-9/h9-10H,2-7,11H2,1H3. The maximum absolute atomic E-state index is 6.08. The minimum Gasteiger partial charge on any atom is -0.327 e. The zero-order chi connectivity index (χ0) is 8.97. The summed E-state index contributed by atoms with van der Waals surface area (Å²) in [7, 11) is 0. The summed E-state index contributed by atoms with van der Waals surface area (Å²) < 4.78 is 0. The van der Waals surface area contributed by atoms with E-state index >= 15 is 0 Å². The van der Waals surface area contributed by atoms with Crippen molar-refractivity contribution in [3.63, 3.8) is 0 Å². The molecule has 0 radical (unpaired) electrons. The van der Waals surface area contributed by atoms with Crippen LogP contribution < -0.4 is 5.73 Å². The van der Waals surface area contributed by atoms with Gasteiger partial charge in [-0.1, -0.05) is 19.1 Å². The second-order valence-electron chi connectivity index (χ2n) is 3.60. The van der Waals surface area contributed by atoms with Crippen molar-refractivity contribution in [1.82, 2.24) is 0 Å². The lowest BCUT2D eigenvalue weighted by Gasteiger charge is -2.18. The molecule has 70 valence electrons. The summed E-state index contributed by atoms with van der Waals surface area (Å²) >= 11 is 2.04. The van der Waals surface area contributed by atoms with Crippen molar-refractivity contribution in [1.29, 1.82) is 0 Å².